The minimum absolute atomic E-state index is 0.0712. The van der Waals surface area contributed by atoms with Crippen LogP contribution in [0.1, 0.15) is 13.3 Å². The van der Waals surface area contributed by atoms with E-state index in [1.807, 2.05) is 6.92 Å². The Labute approximate surface area is 71.2 Å². The first-order valence-corrected chi connectivity index (χ1v) is 3.77. The second kappa shape index (κ2) is 6.79. The van der Waals surface area contributed by atoms with E-state index in [2.05, 4.69) is 11.3 Å². The maximum absolute atomic E-state index is 12.0. The van der Waals surface area contributed by atoms with E-state index >= 15 is 0 Å². The van der Waals surface area contributed by atoms with E-state index in [0.29, 0.717) is 13.2 Å². The molecule has 0 aromatic rings. The molecule has 0 amide bonds. The molecule has 0 aromatic heterocycles. The smallest absolute Gasteiger partial charge is 0.366 e. The molecule has 0 fully saturated rings. The lowest BCUT2D eigenvalue weighted by Crippen LogP contribution is -2.10. The van der Waals surface area contributed by atoms with Crippen LogP contribution < -0.4 is 0 Å². The Bertz CT molecular complexity index is 156. The zero-order chi connectivity index (χ0) is 9.40. The summed E-state index contributed by atoms with van der Waals surface area (Å²) in [5.74, 6) is -2.10. The van der Waals surface area contributed by atoms with E-state index < -0.39 is 11.8 Å². The maximum atomic E-state index is 12.0. The van der Waals surface area contributed by atoms with E-state index in [4.69, 9.17) is 4.74 Å². The van der Waals surface area contributed by atoms with Crippen LogP contribution in [0, 0.1) is 0 Å². The Morgan fingerprint density at radius 3 is 2.58 bits per heavy atom. The molecule has 4 heteroatoms. The second-order valence-corrected chi connectivity index (χ2v) is 2.15. The van der Waals surface area contributed by atoms with Gasteiger partial charge >= 0.3 is 5.97 Å². The monoisotopic (exact) mass is 176 g/mol. The van der Waals surface area contributed by atoms with E-state index in [-0.39, 0.29) is 6.61 Å². The molecule has 0 aromatic carbocycles. The van der Waals surface area contributed by atoms with E-state index in [1.165, 1.54) is 0 Å². The molecule has 0 rings (SSSR count). The van der Waals surface area contributed by atoms with Crippen molar-refractivity contribution in [2.24, 2.45) is 0 Å². The number of rotatable bonds is 6. The molecule has 0 aliphatic heterocycles. The summed E-state index contributed by atoms with van der Waals surface area (Å²) >= 11 is 0. The van der Waals surface area contributed by atoms with Gasteiger partial charge in [0.2, 0.25) is 5.83 Å². The number of hydrogen-bond donors (Lipinski definition) is 0. The van der Waals surface area contributed by atoms with Crippen LogP contribution in [-0.4, -0.2) is 25.8 Å². The van der Waals surface area contributed by atoms with Gasteiger partial charge in [0, 0.05) is 6.61 Å². The Kier molecular flexibility index (Phi) is 6.28. The van der Waals surface area contributed by atoms with Crippen LogP contribution in [0.25, 0.3) is 0 Å². The highest BCUT2D eigenvalue weighted by atomic mass is 19.1. The molecule has 0 heterocycles. The van der Waals surface area contributed by atoms with Crippen LogP contribution in [0.5, 0.6) is 0 Å². The van der Waals surface area contributed by atoms with Crippen molar-refractivity contribution < 1.29 is 18.7 Å². The molecule has 0 bridgehead atoms. The fourth-order valence-electron chi connectivity index (χ4n) is 0.518. The van der Waals surface area contributed by atoms with Gasteiger partial charge in [-0.2, -0.15) is 4.39 Å². The van der Waals surface area contributed by atoms with Crippen LogP contribution in [0.4, 0.5) is 4.39 Å². The fourth-order valence-corrected chi connectivity index (χ4v) is 0.518. The lowest BCUT2D eigenvalue weighted by molar-refractivity contribution is -0.142. The molecule has 0 radical (unpaired) electrons. The Balaban J connectivity index is 3.20. The highest BCUT2D eigenvalue weighted by molar-refractivity contribution is 5.85. The summed E-state index contributed by atoms with van der Waals surface area (Å²) in [6.07, 6.45) is 0.907. The highest BCUT2D eigenvalue weighted by Gasteiger charge is 2.05. The fraction of sp³-hybridized carbons (Fsp3) is 0.625. The lowest BCUT2D eigenvalue weighted by Gasteiger charge is -2.02. The van der Waals surface area contributed by atoms with Crippen molar-refractivity contribution in [3.8, 4) is 0 Å². The SMILES string of the molecule is C=C(F)C(=O)OCCOCCC. The third kappa shape index (κ3) is 5.85. The number of hydrogen-bond acceptors (Lipinski definition) is 3. The van der Waals surface area contributed by atoms with Gasteiger partial charge in [0.1, 0.15) is 6.61 Å². The largest absolute Gasteiger partial charge is 0.458 e. The van der Waals surface area contributed by atoms with E-state index in [9.17, 15) is 9.18 Å². The van der Waals surface area contributed by atoms with Crippen LogP contribution in [0.3, 0.4) is 0 Å². The van der Waals surface area contributed by atoms with Crippen molar-refractivity contribution in [2.75, 3.05) is 19.8 Å². The number of halogens is 1. The summed E-state index contributed by atoms with van der Waals surface area (Å²) in [5.41, 5.74) is 0. The van der Waals surface area contributed by atoms with Gasteiger partial charge in [-0.05, 0) is 6.42 Å². The van der Waals surface area contributed by atoms with E-state index in [1.54, 1.807) is 0 Å². The van der Waals surface area contributed by atoms with Gasteiger partial charge in [-0.3, -0.25) is 0 Å². The number of carbonyl (C=O) groups is 1. The predicted octanol–water partition coefficient (Wildman–Crippen LogP) is 1.44. The van der Waals surface area contributed by atoms with Gasteiger partial charge in [-0.15, -0.1) is 0 Å². The summed E-state index contributed by atoms with van der Waals surface area (Å²) in [5, 5.41) is 0. The normalized spacial score (nSPS) is 9.50. The molecule has 3 nitrogen and oxygen atoms in total. The van der Waals surface area contributed by atoms with Crippen molar-refractivity contribution in [1.29, 1.82) is 0 Å². The molecule has 70 valence electrons. The average molecular weight is 176 g/mol. The van der Waals surface area contributed by atoms with Crippen molar-refractivity contribution in [1.82, 2.24) is 0 Å². The first-order valence-electron chi connectivity index (χ1n) is 3.77. The van der Waals surface area contributed by atoms with Crippen LogP contribution in [0.2, 0.25) is 0 Å². The highest BCUT2D eigenvalue weighted by Crippen LogP contribution is 1.94. The number of esters is 1. The van der Waals surface area contributed by atoms with Gasteiger partial charge in [-0.25, -0.2) is 4.79 Å². The summed E-state index contributed by atoms with van der Waals surface area (Å²) in [7, 11) is 0. The summed E-state index contributed by atoms with van der Waals surface area (Å²) < 4.78 is 21.4. The molecular weight excluding hydrogens is 163 g/mol. The second-order valence-electron chi connectivity index (χ2n) is 2.15. The third-order valence-corrected chi connectivity index (χ3v) is 1.03. The Hall–Kier alpha value is -0.900. The maximum Gasteiger partial charge on any atom is 0.366 e. The molecule has 0 N–H and O–H groups in total. The average Bonchev–Trinajstić information content (AvgIpc) is 2.03. The summed E-state index contributed by atoms with van der Waals surface area (Å²) in [6.45, 7) is 5.74. The van der Waals surface area contributed by atoms with Gasteiger partial charge in [0.15, 0.2) is 0 Å². The molecule has 0 spiro atoms. The van der Waals surface area contributed by atoms with Crippen molar-refractivity contribution in [2.45, 2.75) is 13.3 Å². The molecule has 12 heavy (non-hydrogen) atoms. The molecule has 0 unspecified atom stereocenters. The minimum atomic E-state index is -1.08. The molecule has 0 atom stereocenters. The third-order valence-electron chi connectivity index (χ3n) is 1.03. The van der Waals surface area contributed by atoms with Crippen molar-refractivity contribution in [3.05, 3.63) is 12.4 Å². The first-order chi connectivity index (χ1) is 5.68. The Morgan fingerprint density at radius 2 is 2.08 bits per heavy atom. The number of carbonyl (C=O) groups excluding carboxylic acids is 1. The van der Waals surface area contributed by atoms with Gasteiger partial charge in [0.05, 0.1) is 6.61 Å². The predicted molar refractivity (Wildman–Crippen MR) is 42.3 cm³/mol. The molecule has 0 aliphatic carbocycles. The molecule has 0 saturated heterocycles. The van der Waals surface area contributed by atoms with Gasteiger partial charge in [-0.1, -0.05) is 13.5 Å². The minimum Gasteiger partial charge on any atom is -0.458 e. The van der Waals surface area contributed by atoms with Crippen molar-refractivity contribution in [3.63, 3.8) is 0 Å². The van der Waals surface area contributed by atoms with Crippen LogP contribution in [0.15, 0.2) is 12.4 Å². The van der Waals surface area contributed by atoms with Gasteiger partial charge < -0.3 is 9.47 Å². The van der Waals surface area contributed by atoms with Crippen LogP contribution >= 0.6 is 0 Å². The molecule has 0 saturated carbocycles. The molecule has 0 aliphatic rings. The quantitative estimate of drug-likeness (QED) is 0.349. The van der Waals surface area contributed by atoms with Gasteiger partial charge in [0.25, 0.3) is 0 Å². The first kappa shape index (κ1) is 11.1. The van der Waals surface area contributed by atoms with Crippen molar-refractivity contribution >= 4 is 5.97 Å². The van der Waals surface area contributed by atoms with E-state index in [0.717, 1.165) is 6.42 Å². The topological polar surface area (TPSA) is 35.5 Å². The Morgan fingerprint density at radius 1 is 1.42 bits per heavy atom. The number of ether oxygens (including phenoxy) is 2. The van der Waals surface area contributed by atoms with Crippen LogP contribution in [-0.2, 0) is 14.3 Å². The molecular formula is C8H13FO3. The summed E-state index contributed by atoms with van der Waals surface area (Å²) in [6, 6.07) is 0. The lowest BCUT2D eigenvalue weighted by atomic mass is 10.5. The summed E-state index contributed by atoms with van der Waals surface area (Å²) in [4.78, 5) is 10.4. The zero-order valence-electron chi connectivity index (χ0n) is 7.14. The standard InChI is InChI=1S/C8H13FO3/c1-3-4-11-5-6-12-8(10)7(2)9/h2-6H2,1H3. The zero-order valence-corrected chi connectivity index (χ0v) is 7.14.